The van der Waals surface area contributed by atoms with E-state index in [1.165, 1.54) is 25.7 Å². The molecule has 4 nitrogen and oxygen atoms in total. The highest BCUT2D eigenvalue weighted by Gasteiger charge is 2.16. The van der Waals surface area contributed by atoms with E-state index in [4.69, 9.17) is 4.52 Å². The molecule has 1 aromatic rings. The molecule has 1 saturated carbocycles. The fourth-order valence-corrected chi connectivity index (χ4v) is 3.13. The standard InChI is InChI=1S/C12H21N3OS/c1-9(2)13-7-12-14-11(15-16-12)8-17-10-5-3-4-6-10/h9-10,13H,3-8H2,1-2H3. The summed E-state index contributed by atoms with van der Waals surface area (Å²) in [4.78, 5) is 4.38. The zero-order chi connectivity index (χ0) is 12.1. The summed E-state index contributed by atoms with van der Waals surface area (Å²) in [5.41, 5.74) is 0. The Kier molecular flexibility index (Phi) is 4.86. The van der Waals surface area contributed by atoms with E-state index in [9.17, 15) is 0 Å². The molecule has 0 saturated heterocycles. The fraction of sp³-hybridized carbons (Fsp3) is 0.833. The van der Waals surface area contributed by atoms with Crippen molar-refractivity contribution in [3.8, 4) is 0 Å². The summed E-state index contributed by atoms with van der Waals surface area (Å²) in [7, 11) is 0. The van der Waals surface area contributed by atoms with Gasteiger partial charge in [0.05, 0.1) is 12.3 Å². The molecule has 96 valence electrons. The first kappa shape index (κ1) is 12.9. The number of nitrogens with one attached hydrogen (secondary N) is 1. The molecule has 0 amide bonds. The van der Waals surface area contributed by atoms with Gasteiger partial charge in [0.15, 0.2) is 5.82 Å². The van der Waals surface area contributed by atoms with Crippen LogP contribution in [0.15, 0.2) is 4.52 Å². The van der Waals surface area contributed by atoms with Gasteiger partial charge in [-0.2, -0.15) is 16.7 Å². The number of thioether (sulfide) groups is 1. The van der Waals surface area contributed by atoms with Gasteiger partial charge in [0, 0.05) is 11.3 Å². The lowest BCUT2D eigenvalue weighted by Crippen LogP contribution is -2.21. The Morgan fingerprint density at radius 3 is 2.88 bits per heavy atom. The molecular formula is C12H21N3OS. The minimum Gasteiger partial charge on any atom is -0.338 e. The van der Waals surface area contributed by atoms with Gasteiger partial charge in [-0.1, -0.05) is 31.8 Å². The van der Waals surface area contributed by atoms with Crippen molar-refractivity contribution in [1.29, 1.82) is 0 Å². The second-order valence-corrected chi connectivity index (χ2v) is 6.15. The molecule has 17 heavy (non-hydrogen) atoms. The summed E-state index contributed by atoms with van der Waals surface area (Å²) >= 11 is 1.97. The fourth-order valence-electron chi connectivity index (χ4n) is 1.96. The van der Waals surface area contributed by atoms with Gasteiger partial charge in [-0.05, 0) is 12.8 Å². The number of hydrogen-bond donors (Lipinski definition) is 1. The number of aromatic nitrogens is 2. The van der Waals surface area contributed by atoms with E-state index in [0.717, 1.165) is 16.8 Å². The van der Waals surface area contributed by atoms with E-state index in [1.54, 1.807) is 0 Å². The van der Waals surface area contributed by atoms with Crippen LogP contribution in [-0.2, 0) is 12.3 Å². The van der Waals surface area contributed by atoms with Crippen molar-refractivity contribution in [3.63, 3.8) is 0 Å². The third kappa shape index (κ3) is 4.32. The van der Waals surface area contributed by atoms with E-state index in [2.05, 4.69) is 29.3 Å². The Balaban J connectivity index is 1.73. The van der Waals surface area contributed by atoms with Gasteiger partial charge in [-0.3, -0.25) is 0 Å². The Morgan fingerprint density at radius 1 is 1.41 bits per heavy atom. The van der Waals surface area contributed by atoms with E-state index in [1.807, 2.05) is 11.8 Å². The molecule has 0 aromatic carbocycles. The molecule has 1 aliphatic rings. The molecule has 0 unspecified atom stereocenters. The van der Waals surface area contributed by atoms with Gasteiger partial charge in [-0.25, -0.2) is 0 Å². The van der Waals surface area contributed by atoms with Gasteiger partial charge in [0.25, 0.3) is 0 Å². The summed E-state index contributed by atoms with van der Waals surface area (Å²) in [5, 5.41) is 8.09. The van der Waals surface area contributed by atoms with Crippen molar-refractivity contribution in [3.05, 3.63) is 11.7 Å². The lowest BCUT2D eigenvalue weighted by molar-refractivity contribution is 0.358. The lowest BCUT2D eigenvalue weighted by atomic mass is 10.4. The third-order valence-corrected chi connectivity index (χ3v) is 4.29. The molecule has 5 heteroatoms. The smallest absolute Gasteiger partial charge is 0.240 e. The SMILES string of the molecule is CC(C)NCc1nc(CSC2CCCC2)no1. The maximum absolute atomic E-state index is 5.19. The Bertz CT molecular complexity index is 334. The van der Waals surface area contributed by atoms with E-state index in [0.29, 0.717) is 18.5 Å². The number of hydrogen-bond acceptors (Lipinski definition) is 5. The first-order valence-corrected chi connectivity index (χ1v) is 7.45. The highest BCUT2D eigenvalue weighted by Crippen LogP contribution is 2.30. The summed E-state index contributed by atoms with van der Waals surface area (Å²) < 4.78 is 5.19. The maximum atomic E-state index is 5.19. The highest BCUT2D eigenvalue weighted by molar-refractivity contribution is 7.99. The van der Waals surface area contributed by atoms with Gasteiger partial charge >= 0.3 is 0 Å². The van der Waals surface area contributed by atoms with Crippen LogP contribution in [0.25, 0.3) is 0 Å². The minimum atomic E-state index is 0.443. The van der Waals surface area contributed by atoms with Crippen LogP contribution >= 0.6 is 11.8 Å². The van der Waals surface area contributed by atoms with Crippen molar-refractivity contribution in [1.82, 2.24) is 15.5 Å². The molecule has 0 radical (unpaired) electrons. The molecule has 0 spiro atoms. The predicted octanol–water partition coefficient (Wildman–Crippen LogP) is 2.74. The molecule has 0 aliphatic heterocycles. The van der Waals surface area contributed by atoms with Crippen molar-refractivity contribution >= 4 is 11.8 Å². The Labute approximate surface area is 107 Å². The molecule has 1 aliphatic carbocycles. The summed E-state index contributed by atoms with van der Waals surface area (Å²) in [6.45, 7) is 4.87. The predicted molar refractivity (Wildman–Crippen MR) is 69.8 cm³/mol. The van der Waals surface area contributed by atoms with Crippen LogP contribution in [-0.4, -0.2) is 21.4 Å². The van der Waals surface area contributed by atoms with Gasteiger partial charge in [-0.15, -0.1) is 0 Å². The molecule has 1 fully saturated rings. The van der Waals surface area contributed by atoms with E-state index in [-0.39, 0.29) is 0 Å². The van der Waals surface area contributed by atoms with E-state index < -0.39 is 0 Å². The van der Waals surface area contributed by atoms with Crippen LogP contribution in [0.4, 0.5) is 0 Å². The van der Waals surface area contributed by atoms with Gasteiger partial charge < -0.3 is 9.84 Å². The van der Waals surface area contributed by atoms with Crippen LogP contribution in [0.3, 0.4) is 0 Å². The largest absolute Gasteiger partial charge is 0.338 e. The Morgan fingerprint density at radius 2 is 2.18 bits per heavy atom. The zero-order valence-electron chi connectivity index (χ0n) is 10.6. The van der Waals surface area contributed by atoms with Crippen LogP contribution < -0.4 is 5.32 Å². The third-order valence-electron chi connectivity index (χ3n) is 2.92. The normalized spacial score (nSPS) is 17.1. The lowest BCUT2D eigenvalue weighted by Gasteiger charge is -2.05. The quantitative estimate of drug-likeness (QED) is 0.847. The minimum absolute atomic E-state index is 0.443. The summed E-state index contributed by atoms with van der Waals surface area (Å²) in [6.07, 6.45) is 5.47. The topological polar surface area (TPSA) is 51.0 Å². The number of rotatable bonds is 6. The molecular weight excluding hydrogens is 234 g/mol. The molecule has 1 N–H and O–H groups in total. The van der Waals surface area contributed by atoms with Crippen molar-refractivity contribution in [2.75, 3.05) is 0 Å². The number of nitrogens with zero attached hydrogens (tertiary/aromatic N) is 2. The molecule has 0 bridgehead atoms. The molecule has 1 heterocycles. The zero-order valence-corrected chi connectivity index (χ0v) is 11.4. The summed E-state index contributed by atoms with van der Waals surface area (Å²) in [5.74, 6) is 2.42. The molecule has 0 atom stereocenters. The van der Waals surface area contributed by atoms with Crippen molar-refractivity contribution in [2.45, 2.75) is 63.1 Å². The average molecular weight is 255 g/mol. The average Bonchev–Trinajstić information content (AvgIpc) is 2.95. The summed E-state index contributed by atoms with van der Waals surface area (Å²) in [6, 6.07) is 0.443. The van der Waals surface area contributed by atoms with Crippen molar-refractivity contribution < 1.29 is 4.52 Å². The van der Waals surface area contributed by atoms with Crippen LogP contribution in [0, 0.1) is 0 Å². The van der Waals surface area contributed by atoms with Gasteiger partial charge in [0.2, 0.25) is 5.89 Å². The first-order chi connectivity index (χ1) is 8.24. The molecule has 1 aromatic heterocycles. The van der Waals surface area contributed by atoms with Crippen molar-refractivity contribution in [2.24, 2.45) is 0 Å². The van der Waals surface area contributed by atoms with Crippen LogP contribution in [0.2, 0.25) is 0 Å². The molecule has 2 rings (SSSR count). The van der Waals surface area contributed by atoms with Crippen LogP contribution in [0.1, 0.15) is 51.2 Å². The first-order valence-electron chi connectivity index (χ1n) is 6.40. The van der Waals surface area contributed by atoms with E-state index >= 15 is 0 Å². The monoisotopic (exact) mass is 255 g/mol. The van der Waals surface area contributed by atoms with Crippen LogP contribution in [0.5, 0.6) is 0 Å². The maximum Gasteiger partial charge on any atom is 0.240 e. The second-order valence-electron chi connectivity index (χ2n) is 4.86. The second kappa shape index (κ2) is 6.40. The van der Waals surface area contributed by atoms with Gasteiger partial charge in [0.1, 0.15) is 0 Å². The highest BCUT2D eigenvalue weighted by atomic mass is 32.2. The Hall–Kier alpha value is -0.550.